The first kappa shape index (κ1) is 17.1. The second-order valence-corrected chi connectivity index (χ2v) is 7.27. The zero-order chi connectivity index (χ0) is 16.2. The Balaban J connectivity index is 1.73. The maximum absolute atomic E-state index is 11.9. The predicted octanol–water partition coefficient (Wildman–Crippen LogP) is 0.770. The maximum Gasteiger partial charge on any atom is 0.276 e. The van der Waals surface area contributed by atoms with Crippen molar-refractivity contribution in [2.75, 3.05) is 19.6 Å². The molecule has 1 aromatic rings. The quantitative estimate of drug-likeness (QED) is 0.821. The second kappa shape index (κ2) is 7.36. The number of hydrogen-bond acceptors (Lipinski definition) is 4. The SMILES string of the molecule is NS(=O)(=O)N1CCC(CCNC(=O)c2cc(Cl)ccn2)CC1. The van der Waals surface area contributed by atoms with Gasteiger partial charge >= 0.3 is 0 Å². The summed E-state index contributed by atoms with van der Waals surface area (Å²) in [5, 5.41) is 8.36. The molecule has 0 aromatic carbocycles. The summed E-state index contributed by atoms with van der Waals surface area (Å²) in [7, 11) is -3.58. The standard InChI is InChI=1S/C13H19ClN4O3S/c14-11-2-6-16-12(9-11)13(19)17-5-1-10-3-7-18(8-4-10)22(15,20)21/h2,6,9-10H,1,3-5,7-8H2,(H,17,19)(H2,15,20,21). The van der Waals surface area contributed by atoms with E-state index in [-0.39, 0.29) is 11.6 Å². The first-order valence-corrected chi connectivity index (χ1v) is 8.92. The third-order valence-corrected chi connectivity index (χ3v) is 5.05. The van der Waals surface area contributed by atoms with Crippen LogP contribution in [0.1, 0.15) is 29.8 Å². The molecule has 0 bridgehead atoms. The molecule has 1 amide bonds. The lowest BCUT2D eigenvalue weighted by atomic mass is 9.95. The van der Waals surface area contributed by atoms with Crippen LogP contribution in [0.3, 0.4) is 0 Å². The lowest BCUT2D eigenvalue weighted by Crippen LogP contribution is -2.42. The molecule has 0 spiro atoms. The van der Waals surface area contributed by atoms with Crippen LogP contribution in [0.15, 0.2) is 18.3 Å². The minimum absolute atomic E-state index is 0.260. The van der Waals surface area contributed by atoms with Gasteiger partial charge in [-0.05, 0) is 37.3 Å². The highest BCUT2D eigenvalue weighted by Gasteiger charge is 2.25. The van der Waals surface area contributed by atoms with Crippen LogP contribution >= 0.6 is 11.6 Å². The Morgan fingerprint density at radius 1 is 1.45 bits per heavy atom. The highest BCUT2D eigenvalue weighted by molar-refractivity contribution is 7.86. The Morgan fingerprint density at radius 3 is 2.73 bits per heavy atom. The van der Waals surface area contributed by atoms with Gasteiger partial charge in [0.05, 0.1) is 0 Å². The van der Waals surface area contributed by atoms with Crippen molar-refractivity contribution >= 4 is 27.7 Å². The molecule has 2 heterocycles. The van der Waals surface area contributed by atoms with Crippen LogP contribution in [0.4, 0.5) is 0 Å². The fraction of sp³-hybridized carbons (Fsp3) is 0.538. The summed E-state index contributed by atoms with van der Waals surface area (Å²) in [6.07, 6.45) is 3.79. The van der Waals surface area contributed by atoms with Gasteiger partial charge in [-0.25, -0.2) is 5.14 Å². The van der Waals surface area contributed by atoms with E-state index >= 15 is 0 Å². The van der Waals surface area contributed by atoms with E-state index in [0.717, 1.165) is 19.3 Å². The Labute approximate surface area is 135 Å². The van der Waals surface area contributed by atoms with Crippen LogP contribution in [-0.2, 0) is 10.2 Å². The van der Waals surface area contributed by atoms with Crippen molar-refractivity contribution < 1.29 is 13.2 Å². The number of rotatable bonds is 5. The minimum Gasteiger partial charge on any atom is -0.351 e. The lowest BCUT2D eigenvalue weighted by molar-refractivity contribution is 0.0945. The molecule has 1 fully saturated rings. The fourth-order valence-electron chi connectivity index (χ4n) is 2.46. The number of amides is 1. The van der Waals surface area contributed by atoms with Crippen LogP contribution in [0.25, 0.3) is 0 Å². The molecule has 1 saturated heterocycles. The molecule has 122 valence electrons. The van der Waals surface area contributed by atoms with Crippen molar-refractivity contribution in [2.24, 2.45) is 11.1 Å². The van der Waals surface area contributed by atoms with Gasteiger partial charge in [0, 0.05) is 30.9 Å². The topological polar surface area (TPSA) is 105 Å². The Kier molecular flexibility index (Phi) is 5.74. The van der Waals surface area contributed by atoms with Crippen molar-refractivity contribution in [3.8, 4) is 0 Å². The van der Waals surface area contributed by atoms with Crippen molar-refractivity contribution in [1.82, 2.24) is 14.6 Å². The predicted molar refractivity (Wildman–Crippen MR) is 83.6 cm³/mol. The Bertz CT molecular complexity index is 630. The molecule has 9 heteroatoms. The van der Waals surface area contributed by atoms with Crippen LogP contribution in [0.2, 0.25) is 5.02 Å². The number of pyridine rings is 1. The van der Waals surface area contributed by atoms with Crippen LogP contribution in [0, 0.1) is 5.92 Å². The van der Waals surface area contributed by atoms with E-state index in [0.29, 0.717) is 30.6 Å². The number of halogens is 1. The van der Waals surface area contributed by atoms with Gasteiger partial charge in [0.25, 0.3) is 16.1 Å². The molecule has 1 aromatic heterocycles. The average Bonchev–Trinajstić information content (AvgIpc) is 2.47. The van der Waals surface area contributed by atoms with E-state index in [1.54, 1.807) is 6.07 Å². The van der Waals surface area contributed by atoms with Crippen LogP contribution in [-0.4, -0.2) is 43.2 Å². The summed E-state index contributed by atoms with van der Waals surface area (Å²) in [5.41, 5.74) is 0.288. The summed E-state index contributed by atoms with van der Waals surface area (Å²) in [5.74, 6) is 0.120. The van der Waals surface area contributed by atoms with Gasteiger partial charge < -0.3 is 5.32 Å². The van der Waals surface area contributed by atoms with E-state index in [9.17, 15) is 13.2 Å². The molecule has 0 unspecified atom stereocenters. The van der Waals surface area contributed by atoms with E-state index in [1.165, 1.54) is 16.6 Å². The summed E-state index contributed by atoms with van der Waals surface area (Å²) < 4.78 is 23.7. The van der Waals surface area contributed by atoms with Gasteiger partial charge in [-0.3, -0.25) is 9.78 Å². The zero-order valence-electron chi connectivity index (χ0n) is 12.0. The van der Waals surface area contributed by atoms with Gasteiger partial charge in [-0.15, -0.1) is 0 Å². The van der Waals surface area contributed by atoms with Crippen molar-refractivity contribution in [3.05, 3.63) is 29.0 Å². The number of piperidine rings is 1. The molecule has 0 aliphatic carbocycles. The first-order valence-electron chi connectivity index (χ1n) is 7.04. The van der Waals surface area contributed by atoms with E-state index in [1.807, 2.05) is 0 Å². The van der Waals surface area contributed by atoms with E-state index < -0.39 is 10.2 Å². The van der Waals surface area contributed by atoms with E-state index in [4.69, 9.17) is 16.7 Å². The molecule has 1 aliphatic heterocycles. The largest absolute Gasteiger partial charge is 0.351 e. The first-order chi connectivity index (χ1) is 10.4. The van der Waals surface area contributed by atoms with Gasteiger partial charge in [0.2, 0.25) is 0 Å². The summed E-state index contributed by atoms with van der Waals surface area (Å²) in [6, 6.07) is 3.12. The normalized spacial score (nSPS) is 17.4. The summed E-state index contributed by atoms with van der Waals surface area (Å²) in [6.45, 7) is 1.40. The highest BCUT2D eigenvalue weighted by atomic mass is 35.5. The van der Waals surface area contributed by atoms with Crippen molar-refractivity contribution in [3.63, 3.8) is 0 Å². The number of nitrogens with one attached hydrogen (secondary N) is 1. The van der Waals surface area contributed by atoms with E-state index in [2.05, 4.69) is 10.3 Å². The van der Waals surface area contributed by atoms with Crippen LogP contribution < -0.4 is 10.5 Å². The molecule has 0 saturated carbocycles. The third-order valence-electron chi connectivity index (χ3n) is 3.73. The van der Waals surface area contributed by atoms with Crippen LogP contribution in [0.5, 0.6) is 0 Å². The number of nitrogens with two attached hydrogens (primary N) is 1. The second-order valence-electron chi connectivity index (χ2n) is 5.29. The molecule has 2 rings (SSSR count). The zero-order valence-corrected chi connectivity index (χ0v) is 13.6. The molecular weight excluding hydrogens is 328 g/mol. The number of carbonyl (C=O) groups excluding carboxylic acids is 1. The molecule has 0 radical (unpaired) electrons. The molecule has 7 nitrogen and oxygen atoms in total. The van der Waals surface area contributed by atoms with Crippen molar-refractivity contribution in [2.45, 2.75) is 19.3 Å². The Morgan fingerprint density at radius 2 is 2.14 bits per heavy atom. The third kappa shape index (κ3) is 4.91. The maximum atomic E-state index is 11.9. The lowest BCUT2D eigenvalue weighted by Gasteiger charge is -2.29. The number of aromatic nitrogens is 1. The fourth-order valence-corrected chi connectivity index (χ4v) is 3.34. The Hall–Kier alpha value is -1.22. The smallest absolute Gasteiger partial charge is 0.276 e. The van der Waals surface area contributed by atoms with Gasteiger partial charge in [-0.2, -0.15) is 12.7 Å². The molecular formula is C13H19ClN4O3S. The monoisotopic (exact) mass is 346 g/mol. The minimum atomic E-state index is -3.58. The average molecular weight is 347 g/mol. The van der Waals surface area contributed by atoms with Crippen molar-refractivity contribution in [1.29, 1.82) is 0 Å². The molecule has 1 aliphatic rings. The summed E-state index contributed by atoms with van der Waals surface area (Å²) >= 11 is 5.81. The molecule has 0 atom stereocenters. The number of hydrogen-bond donors (Lipinski definition) is 2. The van der Waals surface area contributed by atoms with Gasteiger partial charge in [-0.1, -0.05) is 11.6 Å². The highest BCUT2D eigenvalue weighted by Crippen LogP contribution is 2.21. The summed E-state index contributed by atoms with van der Waals surface area (Å²) in [4.78, 5) is 15.8. The van der Waals surface area contributed by atoms with Gasteiger partial charge in [0.1, 0.15) is 5.69 Å². The number of carbonyl (C=O) groups is 1. The molecule has 3 N–H and O–H groups in total. The number of nitrogens with zero attached hydrogens (tertiary/aromatic N) is 2. The molecule has 22 heavy (non-hydrogen) atoms. The van der Waals surface area contributed by atoms with Gasteiger partial charge in [0.15, 0.2) is 0 Å².